The SMILES string of the molecule is CCCC(C)[C@@H](C)C(C)CN. The van der Waals surface area contributed by atoms with E-state index in [1.165, 1.54) is 12.8 Å². The van der Waals surface area contributed by atoms with Gasteiger partial charge in [-0.1, -0.05) is 40.5 Å². The van der Waals surface area contributed by atoms with E-state index < -0.39 is 0 Å². The monoisotopic (exact) mass is 157 g/mol. The smallest absolute Gasteiger partial charge is 0.00489 e. The van der Waals surface area contributed by atoms with Gasteiger partial charge in [-0.25, -0.2) is 0 Å². The molecule has 0 aliphatic rings. The predicted molar refractivity (Wildman–Crippen MR) is 51.5 cm³/mol. The molecule has 2 unspecified atom stereocenters. The first kappa shape index (κ1) is 11.0. The summed E-state index contributed by atoms with van der Waals surface area (Å²) in [4.78, 5) is 0. The Morgan fingerprint density at radius 3 is 2.00 bits per heavy atom. The maximum atomic E-state index is 5.61. The second kappa shape index (κ2) is 5.59. The molecular weight excluding hydrogens is 134 g/mol. The van der Waals surface area contributed by atoms with Crippen LogP contribution >= 0.6 is 0 Å². The molecule has 11 heavy (non-hydrogen) atoms. The van der Waals surface area contributed by atoms with Crippen LogP contribution in [0, 0.1) is 17.8 Å². The van der Waals surface area contributed by atoms with Crippen LogP contribution in [0.15, 0.2) is 0 Å². The molecule has 0 fully saturated rings. The highest BCUT2D eigenvalue weighted by molar-refractivity contribution is 4.68. The number of hydrogen-bond donors (Lipinski definition) is 1. The van der Waals surface area contributed by atoms with Gasteiger partial charge in [-0.2, -0.15) is 0 Å². The summed E-state index contributed by atoms with van der Waals surface area (Å²) in [5.41, 5.74) is 5.61. The third kappa shape index (κ3) is 3.76. The van der Waals surface area contributed by atoms with Gasteiger partial charge in [0.25, 0.3) is 0 Å². The quantitative estimate of drug-likeness (QED) is 0.652. The van der Waals surface area contributed by atoms with Crippen molar-refractivity contribution in [1.29, 1.82) is 0 Å². The normalized spacial score (nSPS) is 19.4. The van der Waals surface area contributed by atoms with Crippen molar-refractivity contribution in [3.8, 4) is 0 Å². The summed E-state index contributed by atoms with van der Waals surface area (Å²) in [5.74, 6) is 2.29. The molecule has 3 atom stereocenters. The highest BCUT2D eigenvalue weighted by Crippen LogP contribution is 2.23. The molecule has 0 radical (unpaired) electrons. The second-order valence-corrected chi connectivity index (χ2v) is 3.84. The summed E-state index contributed by atoms with van der Waals surface area (Å²) in [7, 11) is 0. The van der Waals surface area contributed by atoms with E-state index in [0.29, 0.717) is 5.92 Å². The van der Waals surface area contributed by atoms with E-state index in [0.717, 1.165) is 18.4 Å². The molecular formula is C10H23N. The molecule has 0 saturated carbocycles. The first-order chi connectivity index (χ1) is 5.13. The van der Waals surface area contributed by atoms with Crippen molar-refractivity contribution < 1.29 is 0 Å². The number of rotatable bonds is 5. The predicted octanol–water partition coefficient (Wildman–Crippen LogP) is 2.65. The van der Waals surface area contributed by atoms with E-state index in [1.807, 2.05) is 0 Å². The molecule has 1 heteroatoms. The average Bonchev–Trinajstić information content (AvgIpc) is 2.02. The molecule has 0 saturated heterocycles. The van der Waals surface area contributed by atoms with Crippen molar-refractivity contribution in [3.05, 3.63) is 0 Å². The lowest BCUT2D eigenvalue weighted by molar-refractivity contribution is 0.270. The van der Waals surface area contributed by atoms with E-state index in [1.54, 1.807) is 0 Å². The number of nitrogens with two attached hydrogens (primary N) is 1. The molecule has 0 aromatic carbocycles. The van der Waals surface area contributed by atoms with E-state index in [4.69, 9.17) is 5.73 Å². The Labute approximate surface area is 71.4 Å². The molecule has 2 N–H and O–H groups in total. The summed E-state index contributed by atoms with van der Waals surface area (Å²) >= 11 is 0. The van der Waals surface area contributed by atoms with Gasteiger partial charge in [0.2, 0.25) is 0 Å². The fourth-order valence-corrected chi connectivity index (χ4v) is 1.49. The lowest BCUT2D eigenvalue weighted by Crippen LogP contribution is -2.23. The summed E-state index contributed by atoms with van der Waals surface area (Å²) in [6.45, 7) is 9.97. The van der Waals surface area contributed by atoms with Gasteiger partial charge in [-0.3, -0.25) is 0 Å². The maximum Gasteiger partial charge on any atom is -0.00489 e. The van der Waals surface area contributed by atoms with Gasteiger partial charge in [-0.15, -0.1) is 0 Å². The topological polar surface area (TPSA) is 26.0 Å². The number of hydrogen-bond acceptors (Lipinski definition) is 1. The van der Waals surface area contributed by atoms with E-state index in [2.05, 4.69) is 27.7 Å². The molecule has 0 aliphatic heterocycles. The van der Waals surface area contributed by atoms with Gasteiger partial charge in [0.1, 0.15) is 0 Å². The second-order valence-electron chi connectivity index (χ2n) is 3.84. The highest BCUT2D eigenvalue weighted by Gasteiger charge is 2.16. The molecule has 0 bridgehead atoms. The summed E-state index contributed by atoms with van der Waals surface area (Å²) in [5, 5.41) is 0. The minimum absolute atomic E-state index is 0.677. The fraction of sp³-hybridized carbons (Fsp3) is 1.00. The standard InChI is InChI=1S/C10H23N/c1-5-6-8(2)10(4)9(3)7-11/h8-10H,5-7,11H2,1-4H3/t8?,9?,10-/m1/s1. The first-order valence-corrected chi connectivity index (χ1v) is 4.83. The third-order valence-electron chi connectivity index (χ3n) is 2.91. The molecule has 0 aliphatic carbocycles. The largest absolute Gasteiger partial charge is 0.330 e. The summed E-state index contributed by atoms with van der Waals surface area (Å²) < 4.78 is 0. The van der Waals surface area contributed by atoms with Crippen LogP contribution in [0.2, 0.25) is 0 Å². The lowest BCUT2D eigenvalue weighted by atomic mass is 9.83. The molecule has 0 spiro atoms. The minimum Gasteiger partial charge on any atom is -0.330 e. The van der Waals surface area contributed by atoms with Gasteiger partial charge < -0.3 is 5.73 Å². The Morgan fingerprint density at radius 1 is 1.09 bits per heavy atom. The molecule has 0 aromatic rings. The summed E-state index contributed by atoms with van der Waals surface area (Å²) in [6.07, 6.45) is 2.63. The highest BCUT2D eigenvalue weighted by atomic mass is 14.5. The van der Waals surface area contributed by atoms with Crippen molar-refractivity contribution >= 4 is 0 Å². The van der Waals surface area contributed by atoms with E-state index in [-0.39, 0.29) is 0 Å². The van der Waals surface area contributed by atoms with Crippen LogP contribution in [-0.2, 0) is 0 Å². The molecule has 68 valence electrons. The Morgan fingerprint density at radius 2 is 1.64 bits per heavy atom. The van der Waals surface area contributed by atoms with Crippen LogP contribution in [0.5, 0.6) is 0 Å². The van der Waals surface area contributed by atoms with Gasteiger partial charge in [0.15, 0.2) is 0 Å². The van der Waals surface area contributed by atoms with Crippen LogP contribution in [0.1, 0.15) is 40.5 Å². The Bertz CT molecular complexity index is 90.9. The Kier molecular flexibility index (Phi) is 5.57. The minimum atomic E-state index is 0.677. The van der Waals surface area contributed by atoms with Crippen molar-refractivity contribution in [3.63, 3.8) is 0 Å². The van der Waals surface area contributed by atoms with Crippen molar-refractivity contribution in [2.75, 3.05) is 6.54 Å². The zero-order chi connectivity index (χ0) is 8.85. The summed E-state index contributed by atoms with van der Waals surface area (Å²) in [6, 6.07) is 0. The van der Waals surface area contributed by atoms with Crippen molar-refractivity contribution in [1.82, 2.24) is 0 Å². The van der Waals surface area contributed by atoms with Crippen molar-refractivity contribution in [2.24, 2.45) is 23.5 Å². The molecule has 0 amide bonds. The van der Waals surface area contributed by atoms with Crippen LogP contribution in [-0.4, -0.2) is 6.54 Å². The molecule has 0 rings (SSSR count). The average molecular weight is 157 g/mol. The van der Waals surface area contributed by atoms with Crippen LogP contribution in [0.4, 0.5) is 0 Å². The maximum absolute atomic E-state index is 5.61. The van der Waals surface area contributed by atoms with Gasteiger partial charge in [-0.05, 0) is 24.3 Å². The van der Waals surface area contributed by atoms with Gasteiger partial charge in [0, 0.05) is 0 Å². The molecule has 0 heterocycles. The third-order valence-corrected chi connectivity index (χ3v) is 2.91. The molecule has 1 nitrogen and oxygen atoms in total. The Hall–Kier alpha value is -0.0400. The van der Waals surface area contributed by atoms with E-state index in [9.17, 15) is 0 Å². The zero-order valence-corrected chi connectivity index (χ0v) is 8.43. The first-order valence-electron chi connectivity index (χ1n) is 4.83. The van der Waals surface area contributed by atoms with Crippen LogP contribution < -0.4 is 5.73 Å². The Balaban J connectivity index is 3.70. The van der Waals surface area contributed by atoms with Crippen LogP contribution in [0.25, 0.3) is 0 Å². The van der Waals surface area contributed by atoms with E-state index >= 15 is 0 Å². The molecule has 0 aromatic heterocycles. The lowest BCUT2D eigenvalue weighted by Gasteiger charge is -2.24. The van der Waals surface area contributed by atoms with Crippen LogP contribution in [0.3, 0.4) is 0 Å². The van der Waals surface area contributed by atoms with Gasteiger partial charge in [0.05, 0.1) is 0 Å². The van der Waals surface area contributed by atoms with Gasteiger partial charge >= 0.3 is 0 Å². The fourth-order valence-electron chi connectivity index (χ4n) is 1.49. The zero-order valence-electron chi connectivity index (χ0n) is 8.43. The van der Waals surface area contributed by atoms with Crippen molar-refractivity contribution in [2.45, 2.75) is 40.5 Å².